The maximum Gasteiger partial charge on any atom is 0.339 e. The molecule has 0 unspecified atom stereocenters. The van der Waals surface area contributed by atoms with Gasteiger partial charge in [0.05, 0.1) is 11.2 Å². The first-order valence-electron chi connectivity index (χ1n) is 3.93. The van der Waals surface area contributed by atoms with E-state index in [9.17, 15) is 9.90 Å². The van der Waals surface area contributed by atoms with Crippen LogP contribution in [0.1, 0.15) is 10.4 Å². The lowest BCUT2D eigenvalue weighted by molar-refractivity contribution is 0.0694. The molecule has 0 aliphatic heterocycles. The average molecular weight is 192 g/mol. The number of aromatic carboxylic acids is 1. The first kappa shape index (κ1) is 8.43. The van der Waals surface area contributed by atoms with Gasteiger partial charge >= 0.3 is 5.97 Å². The van der Waals surface area contributed by atoms with Crippen molar-refractivity contribution in [3.63, 3.8) is 0 Å². The summed E-state index contributed by atoms with van der Waals surface area (Å²) in [6.07, 6.45) is 1.59. The van der Waals surface area contributed by atoms with E-state index in [1.54, 1.807) is 12.3 Å². The van der Waals surface area contributed by atoms with Crippen molar-refractivity contribution in [1.82, 2.24) is 4.98 Å². The third kappa shape index (κ3) is 0.990. The Bertz CT molecular complexity index is 516. The van der Waals surface area contributed by atoms with Crippen molar-refractivity contribution in [2.24, 2.45) is 0 Å². The summed E-state index contributed by atoms with van der Waals surface area (Å²) in [5.74, 6) is -1.46. The number of H-pyrrole nitrogens is 1. The van der Waals surface area contributed by atoms with Crippen molar-refractivity contribution in [2.75, 3.05) is 5.73 Å². The highest BCUT2D eigenvalue weighted by molar-refractivity contribution is 6.04. The monoisotopic (exact) mass is 192 g/mol. The first-order chi connectivity index (χ1) is 6.61. The molecule has 0 fully saturated rings. The lowest BCUT2D eigenvalue weighted by Gasteiger charge is -2.03. The van der Waals surface area contributed by atoms with Crippen LogP contribution >= 0.6 is 0 Å². The molecular formula is C9H8N2O3. The summed E-state index contributed by atoms with van der Waals surface area (Å²) in [5, 5.41) is 18.8. The van der Waals surface area contributed by atoms with E-state index in [-0.39, 0.29) is 11.3 Å². The fraction of sp³-hybridized carbons (Fsp3) is 0. The van der Waals surface area contributed by atoms with E-state index in [1.807, 2.05) is 0 Å². The van der Waals surface area contributed by atoms with Crippen molar-refractivity contribution in [2.45, 2.75) is 0 Å². The Morgan fingerprint density at radius 3 is 2.86 bits per heavy atom. The molecular weight excluding hydrogens is 184 g/mol. The van der Waals surface area contributed by atoms with Crippen LogP contribution in [-0.2, 0) is 0 Å². The number of nitrogens with two attached hydrogens (primary N) is 1. The number of carbonyl (C=O) groups is 1. The number of nitrogen functional groups attached to an aromatic ring is 1. The van der Waals surface area contributed by atoms with Crippen LogP contribution in [0.2, 0.25) is 0 Å². The van der Waals surface area contributed by atoms with Crippen LogP contribution in [0.5, 0.6) is 5.75 Å². The lowest BCUT2D eigenvalue weighted by atomic mass is 10.1. The Morgan fingerprint density at radius 2 is 2.21 bits per heavy atom. The smallest absolute Gasteiger partial charge is 0.339 e. The number of aromatic hydroxyl groups is 1. The number of carboxylic acids is 1. The number of hydrogen-bond acceptors (Lipinski definition) is 3. The number of anilines is 1. The van der Waals surface area contributed by atoms with Crippen molar-refractivity contribution in [1.29, 1.82) is 0 Å². The van der Waals surface area contributed by atoms with Gasteiger partial charge in [-0.15, -0.1) is 0 Å². The minimum atomic E-state index is -1.20. The zero-order chi connectivity index (χ0) is 10.3. The average Bonchev–Trinajstić information content (AvgIpc) is 2.59. The van der Waals surface area contributed by atoms with E-state index in [1.165, 1.54) is 6.07 Å². The highest BCUT2D eigenvalue weighted by Gasteiger charge is 2.15. The fourth-order valence-corrected chi connectivity index (χ4v) is 1.41. The summed E-state index contributed by atoms with van der Waals surface area (Å²) in [7, 11) is 0. The van der Waals surface area contributed by atoms with Gasteiger partial charge in [0.15, 0.2) is 0 Å². The number of fused-ring (bicyclic) bond motifs is 1. The number of aromatic nitrogens is 1. The fourth-order valence-electron chi connectivity index (χ4n) is 1.41. The number of nitrogens with one attached hydrogen (secondary N) is 1. The Morgan fingerprint density at radius 1 is 1.50 bits per heavy atom. The van der Waals surface area contributed by atoms with E-state index >= 15 is 0 Å². The Kier molecular flexibility index (Phi) is 1.60. The van der Waals surface area contributed by atoms with Gasteiger partial charge in [-0.1, -0.05) is 0 Å². The minimum Gasteiger partial charge on any atom is -0.506 e. The molecule has 1 aromatic carbocycles. The number of benzene rings is 1. The van der Waals surface area contributed by atoms with Crippen molar-refractivity contribution in [3.8, 4) is 5.75 Å². The largest absolute Gasteiger partial charge is 0.506 e. The van der Waals surface area contributed by atoms with Gasteiger partial charge in [-0.2, -0.15) is 0 Å². The zero-order valence-corrected chi connectivity index (χ0v) is 7.11. The van der Waals surface area contributed by atoms with Gasteiger partial charge in [-0.05, 0) is 12.1 Å². The molecule has 1 heterocycles. The predicted molar refractivity (Wildman–Crippen MR) is 51.3 cm³/mol. The highest BCUT2D eigenvalue weighted by atomic mass is 16.4. The number of carboxylic acid groups (broad SMARTS) is 1. The molecule has 0 aliphatic rings. The normalized spacial score (nSPS) is 10.6. The van der Waals surface area contributed by atoms with E-state index in [2.05, 4.69) is 4.98 Å². The SMILES string of the molecule is Nc1cc(C(=O)O)c(O)c2cc[nH]c12. The topological polar surface area (TPSA) is 99.3 Å². The van der Waals surface area contributed by atoms with Crippen LogP contribution in [0.3, 0.4) is 0 Å². The summed E-state index contributed by atoms with van der Waals surface area (Å²) in [5.41, 5.74) is 6.27. The molecule has 5 heteroatoms. The van der Waals surface area contributed by atoms with Crippen molar-refractivity contribution >= 4 is 22.6 Å². The second-order valence-electron chi connectivity index (χ2n) is 2.93. The molecule has 14 heavy (non-hydrogen) atoms. The maximum atomic E-state index is 10.7. The zero-order valence-electron chi connectivity index (χ0n) is 7.11. The molecule has 2 aromatic rings. The van der Waals surface area contributed by atoms with Crippen LogP contribution in [0, 0.1) is 0 Å². The predicted octanol–water partition coefficient (Wildman–Crippen LogP) is 1.15. The lowest BCUT2D eigenvalue weighted by Crippen LogP contribution is -1.99. The molecule has 0 bridgehead atoms. The van der Waals surface area contributed by atoms with Crippen LogP contribution < -0.4 is 5.73 Å². The number of hydrogen-bond donors (Lipinski definition) is 4. The number of rotatable bonds is 1. The molecule has 0 radical (unpaired) electrons. The summed E-state index contributed by atoms with van der Waals surface area (Å²) in [6.45, 7) is 0. The molecule has 0 aliphatic carbocycles. The summed E-state index contributed by atoms with van der Waals surface area (Å²) in [6, 6.07) is 2.81. The van der Waals surface area contributed by atoms with Crippen molar-refractivity contribution in [3.05, 3.63) is 23.9 Å². The van der Waals surface area contributed by atoms with E-state index < -0.39 is 5.97 Å². The molecule has 5 N–H and O–H groups in total. The number of phenols is 1. The minimum absolute atomic E-state index is 0.186. The molecule has 2 rings (SSSR count). The van der Waals surface area contributed by atoms with Crippen LogP contribution in [0.25, 0.3) is 10.9 Å². The quantitative estimate of drug-likeness (QED) is 0.402. The summed E-state index contributed by atoms with van der Waals surface area (Å²) >= 11 is 0. The third-order valence-electron chi connectivity index (χ3n) is 2.08. The van der Waals surface area contributed by atoms with Gasteiger partial charge in [0.2, 0.25) is 0 Å². The van der Waals surface area contributed by atoms with Gasteiger partial charge < -0.3 is 20.9 Å². The summed E-state index contributed by atoms with van der Waals surface area (Å²) in [4.78, 5) is 13.5. The molecule has 72 valence electrons. The van der Waals surface area contributed by atoms with Gasteiger partial charge in [-0.3, -0.25) is 0 Å². The second-order valence-corrected chi connectivity index (χ2v) is 2.93. The van der Waals surface area contributed by atoms with Crippen molar-refractivity contribution < 1.29 is 15.0 Å². The van der Waals surface area contributed by atoms with Crippen LogP contribution in [0.4, 0.5) is 5.69 Å². The maximum absolute atomic E-state index is 10.7. The molecule has 1 aromatic heterocycles. The van der Waals surface area contributed by atoms with E-state index in [4.69, 9.17) is 10.8 Å². The first-order valence-corrected chi connectivity index (χ1v) is 3.93. The highest BCUT2D eigenvalue weighted by Crippen LogP contribution is 2.32. The second kappa shape index (κ2) is 2.66. The van der Waals surface area contributed by atoms with Gasteiger partial charge in [-0.25, -0.2) is 4.79 Å². The van der Waals surface area contributed by atoms with Crippen LogP contribution in [-0.4, -0.2) is 21.2 Å². The van der Waals surface area contributed by atoms with Gasteiger partial charge in [0.1, 0.15) is 11.3 Å². The Balaban J connectivity index is 2.88. The molecule has 5 nitrogen and oxygen atoms in total. The molecule has 0 amide bonds. The molecule has 0 spiro atoms. The molecule has 0 saturated carbocycles. The molecule has 0 saturated heterocycles. The number of aromatic amines is 1. The molecule has 0 atom stereocenters. The Labute approximate surface area is 78.8 Å². The summed E-state index contributed by atoms with van der Waals surface area (Å²) < 4.78 is 0. The standard InChI is InChI=1S/C9H8N2O3/c10-6-3-5(9(13)14)8(12)4-1-2-11-7(4)6/h1-3,11-12H,10H2,(H,13,14). The Hall–Kier alpha value is -2.17. The van der Waals surface area contributed by atoms with Crippen LogP contribution in [0.15, 0.2) is 18.3 Å². The van der Waals surface area contributed by atoms with E-state index in [0.29, 0.717) is 16.6 Å². The third-order valence-corrected chi connectivity index (χ3v) is 2.08. The van der Waals surface area contributed by atoms with Gasteiger partial charge in [0.25, 0.3) is 0 Å². The van der Waals surface area contributed by atoms with E-state index in [0.717, 1.165) is 0 Å². The van der Waals surface area contributed by atoms with Gasteiger partial charge in [0, 0.05) is 11.6 Å².